The number of fused-ring (bicyclic) bond motifs is 2. The number of benzene rings is 1. The first-order valence-electron chi connectivity index (χ1n) is 14.0. The Labute approximate surface area is 244 Å². The second-order valence-corrected chi connectivity index (χ2v) is 11.0. The molecule has 2 aliphatic heterocycles. The molecule has 2 saturated heterocycles. The second-order valence-electron chi connectivity index (χ2n) is 11.0. The summed E-state index contributed by atoms with van der Waals surface area (Å²) >= 11 is 0. The summed E-state index contributed by atoms with van der Waals surface area (Å²) in [5.41, 5.74) is 1.22. The number of anilines is 1. The predicted octanol–water partition coefficient (Wildman–Crippen LogP) is 4.00. The number of rotatable bonds is 7. The van der Waals surface area contributed by atoms with E-state index in [2.05, 4.69) is 31.1 Å². The van der Waals surface area contributed by atoms with Gasteiger partial charge in [-0.25, -0.2) is 4.79 Å². The fourth-order valence-electron chi connectivity index (χ4n) is 6.11. The van der Waals surface area contributed by atoms with Crippen molar-refractivity contribution in [1.29, 1.82) is 5.26 Å². The Bertz CT molecular complexity index is 1700. The number of hydrogen-bond donors (Lipinski definition) is 3. The van der Waals surface area contributed by atoms with E-state index >= 15 is 0 Å². The summed E-state index contributed by atoms with van der Waals surface area (Å²) < 4.78 is 48.4. The maximum absolute atomic E-state index is 14.1. The summed E-state index contributed by atoms with van der Waals surface area (Å²) in [7, 11) is 2.02. The van der Waals surface area contributed by atoms with Gasteiger partial charge in [-0.15, -0.1) is 0 Å². The topological polar surface area (TPSA) is 150 Å². The molecule has 43 heavy (non-hydrogen) atoms. The van der Waals surface area contributed by atoms with Crippen molar-refractivity contribution in [3.63, 3.8) is 0 Å². The third-order valence-electron chi connectivity index (χ3n) is 8.40. The molecule has 2 fully saturated rings. The normalized spacial score (nSPS) is 19.8. The fourth-order valence-corrected chi connectivity index (χ4v) is 6.11. The second kappa shape index (κ2) is 11.3. The molecule has 6 rings (SSSR count). The van der Waals surface area contributed by atoms with Crippen LogP contribution in [0.4, 0.5) is 23.8 Å². The minimum absolute atomic E-state index is 0.000695. The van der Waals surface area contributed by atoms with Gasteiger partial charge in [0.1, 0.15) is 17.6 Å². The van der Waals surface area contributed by atoms with Gasteiger partial charge < -0.3 is 29.5 Å². The summed E-state index contributed by atoms with van der Waals surface area (Å²) in [6.07, 6.45) is -0.746. The summed E-state index contributed by atoms with van der Waals surface area (Å²) in [6, 6.07) is 4.15. The Balaban J connectivity index is 1.41. The van der Waals surface area contributed by atoms with Crippen molar-refractivity contribution in [3.8, 4) is 12.1 Å². The standard InChI is InChI=1S/C28H30F3N9O3/c1-38-8-2-3-18(38)15-43-26-35-23-16(11-19-20-13-34-37-22(20)5-4-21(19)28(29,30)31)12-33-24(23)25(36-26)39-9-10-40(27(41)42)17(14-39)6-7-32/h4-5,12-13,17-18,33H,2-3,6,8-11,14-15H2,1H3,(H,34,37)(H,41,42). The number of alkyl halides is 3. The van der Waals surface area contributed by atoms with E-state index in [4.69, 9.17) is 9.72 Å². The van der Waals surface area contributed by atoms with Crippen molar-refractivity contribution >= 4 is 33.8 Å². The fraction of sp³-hybridized carbons (Fsp3) is 0.464. The number of carboxylic acid groups (broad SMARTS) is 1. The number of nitrogens with zero attached hydrogens (tertiary/aromatic N) is 7. The van der Waals surface area contributed by atoms with Gasteiger partial charge in [-0.2, -0.15) is 33.5 Å². The van der Waals surface area contributed by atoms with Gasteiger partial charge in [0.15, 0.2) is 5.82 Å². The molecule has 3 aromatic heterocycles. The van der Waals surface area contributed by atoms with Crippen molar-refractivity contribution in [2.75, 3.05) is 44.7 Å². The number of hydrogen-bond acceptors (Lipinski definition) is 8. The van der Waals surface area contributed by atoms with E-state index in [1.807, 2.05) is 11.9 Å². The molecule has 0 spiro atoms. The van der Waals surface area contributed by atoms with Crippen LogP contribution >= 0.6 is 0 Å². The Kier molecular flexibility index (Phi) is 7.47. The van der Waals surface area contributed by atoms with Crippen LogP contribution in [0, 0.1) is 11.3 Å². The van der Waals surface area contributed by atoms with E-state index in [9.17, 15) is 28.3 Å². The lowest BCUT2D eigenvalue weighted by atomic mass is 9.97. The molecule has 12 nitrogen and oxygen atoms in total. The average Bonchev–Trinajstić information content (AvgIpc) is 3.71. The van der Waals surface area contributed by atoms with E-state index in [0.29, 0.717) is 46.5 Å². The van der Waals surface area contributed by atoms with Crippen LogP contribution in [0.3, 0.4) is 0 Å². The maximum atomic E-state index is 14.1. The van der Waals surface area contributed by atoms with Crippen molar-refractivity contribution in [2.24, 2.45) is 0 Å². The van der Waals surface area contributed by atoms with Gasteiger partial charge in [0.05, 0.1) is 35.8 Å². The smallest absolute Gasteiger partial charge is 0.416 e. The van der Waals surface area contributed by atoms with E-state index in [-0.39, 0.29) is 43.5 Å². The van der Waals surface area contributed by atoms with Crippen LogP contribution in [0.15, 0.2) is 24.5 Å². The van der Waals surface area contributed by atoms with Crippen LogP contribution in [0.5, 0.6) is 6.01 Å². The third-order valence-corrected chi connectivity index (χ3v) is 8.40. The number of H-pyrrole nitrogens is 2. The highest BCUT2D eigenvalue weighted by Crippen LogP contribution is 2.38. The molecule has 1 aromatic carbocycles. The molecule has 2 atom stereocenters. The summed E-state index contributed by atoms with van der Waals surface area (Å²) in [4.78, 5) is 29.6. The third kappa shape index (κ3) is 5.50. The Morgan fingerprint density at radius 2 is 2.07 bits per heavy atom. The van der Waals surface area contributed by atoms with Gasteiger partial charge in [-0.3, -0.25) is 5.10 Å². The molecule has 3 N–H and O–H groups in total. The Morgan fingerprint density at radius 1 is 1.23 bits per heavy atom. The molecule has 15 heteroatoms. The maximum Gasteiger partial charge on any atom is 0.416 e. The van der Waals surface area contributed by atoms with Gasteiger partial charge >= 0.3 is 18.3 Å². The number of nitriles is 1. The average molecular weight is 598 g/mol. The largest absolute Gasteiger partial charge is 0.465 e. The monoisotopic (exact) mass is 597 g/mol. The van der Waals surface area contributed by atoms with Gasteiger partial charge in [0.25, 0.3) is 0 Å². The Morgan fingerprint density at radius 3 is 2.79 bits per heavy atom. The summed E-state index contributed by atoms with van der Waals surface area (Å²) in [5.74, 6) is 0.441. The van der Waals surface area contributed by atoms with E-state index in [1.54, 1.807) is 6.20 Å². The number of halogens is 3. The lowest BCUT2D eigenvalue weighted by Gasteiger charge is -2.39. The van der Waals surface area contributed by atoms with Crippen LogP contribution < -0.4 is 9.64 Å². The molecule has 2 aliphatic rings. The van der Waals surface area contributed by atoms with Crippen molar-refractivity contribution < 1.29 is 27.8 Å². The molecule has 226 valence electrons. The predicted molar refractivity (Wildman–Crippen MR) is 150 cm³/mol. The van der Waals surface area contributed by atoms with Crippen molar-refractivity contribution in [1.82, 2.24) is 34.9 Å². The molecule has 5 heterocycles. The lowest BCUT2D eigenvalue weighted by molar-refractivity contribution is -0.138. The molecule has 0 radical (unpaired) electrons. The highest BCUT2D eigenvalue weighted by Gasteiger charge is 2.36. The van der Waals surface area contributed by atoms with E-state index in [0.717, 1.165) is 25.5 Å². The first-order chi connectivity index (χ1) is 20.6. The zero-order chi connectivity index (χ0) is 30.3. The zero-order valence-electron chi connectivity index (χ0n) is 23.4. The van der Waals surface area contributed by atoms with Gasteiger partial charge in [-0.1, -0.05) is 0 Å². The SMILES string of the molecule is CN1CCCC1COc1nc(N2CCN(C(=O)O)C(CC#N)C2)c2[nH]cc(Cc3c(C(F)(F)F)ccc4[nH]ncc34)c2n1. The van der Waals surface area contributed by atoms with Crippen molar-refractivity contribution in [2.45, 2.75) is 43.9 Å². The number of nitrogens with one attached hydrogen (secondary N) is 2. The highest BCUT2D eigenvalue weighted by atomic mass is 19.4. The van der Waals surface area contributed by atoms with Crippen LogP contribution in [0.2, 0.25) is 0 Å². The van der Waals surface area contributed by atoms with Crippen molar-refractivity contribution in [3.05, 3.63) is 41.2 Å². The van der Waals surface area contributed by atoms with Crippen LogP contribution in [0.25, 0.3) is 21.9 Å². The number of aromatic amines is 2. The lowest BCUT2D eigenvalue weighted by Crippen LogP contribution is -2.55. The molecule has 0 saturated carbocycles. The number of ether oxygens (including phenoxy) is 1. The molecular weight excluding hydrogens is 567 g/mol. The number of likely N-dealkylation sites (tertiary alicyclic amines) is 1. The highest BCUT2D eigenvalue weighted by molar-refractivity contribution is 5.91. The number of piperazine rings is 1. The molecular formula is C28H30F3N9O3. The number of aromatic nitrogens is 5. The van der Waals surface area contributed by atoms with Crippen LogP contribution in [-0.2, 0) is 12.6 Å². The van der Waals surface area contributed by atoms with Gasteiger partial charge in [0, 0.05) is 49.2 Å². The Hall–Kier alpha value is -4.58. The molecule has 0 aliphatic carbocycles. The van der Waals surface area contributed by atoms with E-state index < -0.39 is 23.9 Å². The summed E-state index contributed by atoms with van der Waals surface area (Å²) in [6.45, 7) is 1.96. The zero-order valence-corrected chi connectivity index (χ0v) is 23.4. The van der Waals surface area contributed by atoms with Gasteiger partial charge in [-0.05, 0) is 44.1 Å². The van der Waals surface area contributed by atoms with Gasteiger partial charge in [0.2, 0.25) is 0 Å². The van der Waals surface area contributed by atoms with Crippen LogP contribution in [-0.4, -0.2) is 98.1 Å². The number of carbonyl (C=O) groups is 1. The van der Waals surface area contributed by atoms with Crippen LogP contribution in [0.1, 0.15) is 36.0 Å². The number of likely N-dealkylation sites (N-methyl/N-ethyl adjacent to an activating group) is 1. The molecule has 1 amide bonds. The quantitative estimate of drug-likeness (QED) is 0.287. The van der Waals surface area contributed by atoms with E-state index in [1.165, 1.54) is 17.2 Å². The molecule has 4 aromatic rings. The molecule has 2 unspecified atom stereocenters. The minimum Gasteiger partial charge on any atom is -0.465 e. The first-order valence-corrected chi connectivity index (χ1v) is 14.0. The summed E-state index contributed by atoms with van der Waals surface area (Å²) in [5, 5.41) is 26.0. The first kappa shape index (κ1) is 28.5. The number of amides is 1. The minimum atomic E-state index is -4.58. The molecule has 0 bridgehead atoms.